The summed E-state index contributed by atoms with van der Waals surface area (Å²) in [5.41, 5.74) is 0.611. The van der Waals surface area contributed by atoms with E-state index in [0.29, 0.717) is 29.5 Å². The third-order valence-corrected chi connectivity index (χ3v) is 1.91. The van der Waals surface area contributed by atoms with Crippen LogP contribution in [0.25, 0.3) is 0 Å². The molecule has 0 unspecified atom stereocenters. The first-order valence-electron chi connectivity index (χ1n) is 4.16. The molecule has 0 radical (unpaired) electrons. The Hall–Kier alpha value is -1.33. The van der Waals surface area contributed by atoms with Crippen molar-refractivity contribution in [2.24, 2.45) is 0 Å². The van der Waals surface area contributed by atoms with Gasteiger partial charge < -0.3 is 14.8 Å². The van der Waals surface area contributed by atoms with Gasteiger partial charge in [0.25, 0.3) is 0 Å². The SMILES string of the molecule is COC1=CCC=C(B(O)O)C=C1C=O. The van der Waals surface area contributed by atoms with E-state index < -0.39 is 7.12 Å². The van der Waals surface area contributed by atoms with Crippen LogP contribution in [0.15, 0.2) is 35.0 Å². The number of ether oxygens (including phenoxy) is 1. The molecule has 1 aliphatic carbocycles. The van der Waals surface area contributed by atoms with Crippen LogP contribution in [0.4, 0.5) is 0 Å². The van der Waals surface area contributed by atoms with Crippen LogP contribution in [0.2, 0.25) is 0 Å². The minimum absolute atomic E-state index is 0.301. The zero-order valence-electron chi connectivity index (χ0n) is 7.80. The molecular weight excluding hydrogens is 183 g/mol. The summed E-state index contributed by atoms with van der Waals surface area (Å²) in [6.07, 6.45) is 5.86. The van der Waals surface area contributed by atoms with E-state index in [2.05, 4.69) is 0 Å². The molecule has 2 N–H and O–H groups in total. The predicted molar refractivity (Wildman–Crippen MR) is 52.1 cm³/mol. The summed E-state index contributed by atoms with van der Waals surface area (Å²) in [5.74, 6) is 0.451. The van der Waals surface area contributed by atoms with Gasteiger partial charge in [0, 0.05) is 0 Å². The van der Waals surface area contributed by atoms with E-state index in [0.717, 1.165) is 0 Å². The molecule has 4 nitrogen and oxygen atoms in total. The average molecular weight is 194 g/mol. The molecule has 0 aliphatic heterocycles. The van der Waals surface area contributed by atoms with Crippen molar-refractivity contribution in [1.29, 1.82) is 0 Å². The summed E-state index contributed by atoms with van der Waals surface area (Å²) in [5, 5.41) is 17.9. The second-order valence-electron chi connectivity index (χ2n) is 2.80. The second kappa shape index (κ2) is 4.78. The molecule has 1 aliphatic rings. The number of aldehydes is 1. The number of rotatable bonds is 3. The highest BCUT2D eigenvalue weighted by molar-refractivity contribution is 6.52. The first-order valence-corrected chi connectivity index (χ1v) is 4.16. The van der Waals surface area contributed by atoms with Crippen molar-refractivity contribution in [3.63, 3.8) is 0 Å². The molecule has 0 aromatic rings. The second-order valence-corrected chi connectivity index (χ2v) is 2.80. The van der Waals surface area contributed by atoms with Gasteiger partial charge >= 0.3 is 7.12 Å². The lowest BCUT2D eigenvalue weighted by Crippen LogP contribution is -2.14. The first-order chi connectivity index (χ1) is 6.69. The van der Waals surface area contributed by atoms with E-state index in [1.54, 1.807) is 12.2 Å². The van der Waals surface area contributed by atoms with E-state index >= 15 is 0 Å². The summed E-state index contributed by atoms with van der Waals surface area (Å²) in [6.45, 7) is 0. The van der Waals surface area contributed by atoms with E-state index in [-0.39, 0.29) is 0 Å². The van der Waals surface area contributed by atoms with Crippen molar-refractivity contribution in [3.8, 4) is 0 Å². The van der Waals surface area contributed by atoms with Gasteiger partial charge in [0.15, 0.2) is 6.29 Å². The normalized spacial score (nSPS) is 16.1. The van der Waals surface area contributed by atoms with Crippen LogP contribution in [0, 0.1) is 0 Å². The lowest BCUT2D eigenvalue weighted by Gasteiger charge is -2.03. The largest absolute Gasteiger partial charge is 0.496 e. The molecule has 0 fully saturated rings. The molecule has 14 heavy (non-hydrogen) atoms. The Labute approximate surface area is 82.3 Å². The third-order valence-electron chi connectivity index (χ3n) is 1.91. The maximum atomic E-state index is 10.7. The number of carbonyl (C=O) groups is 1. The standard InChI is InChI=1S/C9H11BO4/c1-14-9-4-2-3-8(10(12)13)5-7(9)6-11/h3-6,12-13H,2H2,1H3. The molecular formula is C9H11BO4. The summed E-state index contributed by atoms with van der Waals surface area (Å²) < 4.78 is 4.97. The Bertz CT molecular complexity index is 315. The van der Waals surface area contributed by atoms with Gasteiger partial charge in [-0.15, -0.1) is 0 Å². The fraction of sp³-hybridized carbons (Fsp3) is 0.222. The van der Waals surface area contributed by atoms with Gasteiger partial charge in [-0.1, -0.05) is 6.08 Å². The molecule has 5 heteroatoms. The molecule has 1 rings (SSSR count). The van der Waals surface area contributed by atoms with Crippen molar-refractivity contribution < 1.29 is 19.6 Å². The van der Waals surface area contributed by atoms with Crippen LogP contribution in [0.5, 0.6) is 0 Å². The van der Waals surface area contributed by atoms with Gasteiger partial charge in [-0.3, -0.25) is 4.79 Å². The topological polar surface area (TPSA) is 66.8 Å². The maximum Gasteiger partial charge on any atom is 0.488 e. The zero-order chi connectivity index (χ0) is 10.6. The molecule has 0 amide bonds. The Morgan fingerprint density at radius 1 is 1.50 bits per heavy atom. The highest BCUT2D eigenvalue weighted by Gasteiger charge is 2.16. The van der Waals surface area contributed by atoms with Crippen molar-refractivity contribution in [1.82, 2.24) is 0 Å². The lowest BCUT2D eigenvalue weighted by atomic mass is 9.78. The molecule has 0 aromatic heterocycles. The average Bonchev–Trinajstić information content (AvgIpc) is 2.38. The number of carbonyl (C=O) groups excluding carboxylic acids is 1. The van der Waals surface area contributed by atoms with Crippen molar-refractivity contribution in [2.45, 2.75) is 6.42 Å². The molecule has 0 heterocycles. The smallest absolute Gasteiger partial charge is 0.488 e. The monoisotopic (exact) mass is 194 g/mol. The van der Waals surface area contributed by atoms with Crippen molar-refractivity contribution >= 4 is 13.4 Å². The summed E-state index contributed by atoms with van der Waals surface area (Å²) in [4.78, 5) is 10.7. The van der Waals surface area contributed by atoms with Gasteiger partial charge in [0.05, 0.1) is 12.7 Å². The zero-order valence-corrected chi connectivity index (χ0v) is 7.80. The van der Waals surface area contributed by atoms with Gasteiger partial charge in [-0.25, -0.2) is 0 Å². The molecule has 74 valence electrons. The van der Waals surface area contributed by atoms with Gasteiger partial charge in [-0.2, -0.15) is 0 Å². The summed E-state index contributed by atoms with van der Waals surface area (Å²) in [6, 6.07) is 0. The molecule has 0 spiro atoms. The van der Waals surface area contributed by atoms with E-state index in [1.165, 1.54) is 13.2 Å². The van der Waals surface area contributed by atoms with Gasteiger partial charge in [0.1, 0.15) is 5.76 Å². The Balaban J connectivity index is 3.01. The number of hydrogen-bond donors (Lipinski definition) is 2. The molecule has 0 bridgehead atoms. The Morgan fingerprint density at radius 2 is 2.21 bits per heavy atom. The summed E-state index contributed by atoms with van der Waals surface area (Å²) in [7, 11) is -0.0988. The van der Waals surface area contributed by atoms with Crippen molar-refractivity contribution in [3.05, 3.63) is 35.0 Å². The molecule has 0 saturated heterocycles. The third kappa shape index (κ3) is 2.34. The quantitative estimate of drug-likeness (QED) is 0.489. The van der Waals surface area contributed by atoms with E-state index in [1.807, 2.05) is 0 Å². The number of hydrogen-bond acceptors (Lipinski definition) is 4. The van der Waals surface area contributed by atoms with Crippen LogP contribution in [-0.4, -0.2) is 30.6 Å². The van der Waals surface area contributed by atoms with E-state index in [9.17, 15) is 4.79 Å². The fourth-order valence-corrected chi connectivity index (χ4v) is 1.20. The minimum Gasteiger partial charge on any atom is -0.496 e. The van der Waals surface area contributed by atoms with E-state index in [4.69, 9.17) is 14.8 Å². The first kappa shape index (κ1) is 10.8. The molecule has 0 saturated carbocycles. The predicted octanol–water partition coefficient (Wildman–Crippen LogP) is -0.0159. The fourth-order valence-electron chi connectivity index (χ4n) is 1.20. The molecule has 0 atom stereocenters. The molecule has 0 aromatic carbocycles. The minimum atomic E-state index is -1.56. The van der Waals surface area contributed by atoms with Gasteiger partial charge in [-0.05, 0) is 24.0 Å². The van der Waals surface area contributed by atoms with Crippen LogP contribution in [0.3, 0.4) is 0 Å². The van der Waals surface area contributed by atoms with Crippen LogP contribution in [0.1, 0.15) is 6.42 Å². The van der Waals surface area contributed by atoms with Crippen LogP contribution >= 0.6 is 0 Å². The van der Waals surface area contributed by atoms with Crippen molar-refractivity contribution in [2.75, 3.05) is 7.11 Å². The highest BCUT2D eigenvalue weighted by atomic mass is 16.5. The highest BCUT2D eigenvalue weighted by Crippen LogP contribution is 2.17. The van der Waals surface area contributed by atoms with Gasteiger partial charge in [0.2, 0.25) is 0 Å². The maximum absolute atomic E-state index is 10.7. The number of allylic oxidation sites excluding steroid dienone is 5. The van der Waals surface area contributed by atoms with Crippen LogP contribution in [-0.2, 0) is 9.53 Å². The number of methoxy groups -OCH3 is 1. The summed E-state index contributed by atoms with van der Waals surface area (Å²) >= 11 is 0. The van der Waals surface area contributed by atoms with Crippen LogP contribution < -0.4 is 0 Å². The Kier molecular flexibility index (Phi) is 3.68. The Morgan fingerprint density at radius 3 is 2.71 bits per heavy atom. The lowest BCUT2D eigenvalue weighted by molar-refractivity contribution is -0.104.